The zero-order chi connectivity index (χ0) is 14.2. The molecule has 2 aromatic rings. The Kier molecular flexibility index (Phi) is 5.09. The summed E-state index contributed by atoms with van der Waals surface area (Å²) in [7, 11) is 0. The van der Waals surface area contributed by atoms with Gasteiger partial charge < -0.3 is 0 Å². The number of allylic oxidation sites excluding steroid dienone is 1. The fraction of sp³-hybridized carbons (Fsp3) is 0. The SMILES string of the molecule is O=C(N/N=C/C=C/c1ccccc1)c1ccc(Cl)cc1. The van der Waals surface area contributed by atoms with Gasteiger partial charge in [-0.25, -0.2) is 5.43 Å². The summed E-state index contributed by atoms with van der Waals surface area (Å²) in [6.07, 6.45) is 5.19. The van der Waals surface area contributed by atoms with E-state index in [2.05, 4.69) is 10.5 Å². The molecule has 0 fully saturated rings. The van der Waals surface area contributed by atoms with Crippen LogP contribution in [-0.2, 0) is 0 Å². The van der Waals surface area contributed by atoms with Gasteiger partial charge in [-0.1, -0.05) is 48.0 Å². The van der Waals surface area contributed by atoms with E-state index in [1.165, 1.54) is 6.21 Å². The summed E-state index contributed by atoms with van der Waals surface area (Å²) in [4.78, 5) is 11.7. The number of hydrogen-bond donors (Lipinski definition) is 1. The molecule has 0 bridgehead atoms. The number of rotatable bonds is 4. The van der Waals surface area contributed by atoms with Gasteiger partial charge in [0.25, 0.3) is 5.91 Å². The van der Waals surface area contributed by atoms with Crippen LogP contribution in [0.4, 0.5) is 0 Å². The highest BCUT2D eigenvalue weighted by Gasteiger charge is 2.02. The van der Waals surface area contributed by atoms with E-state index in [-0.39, 0.29) is 5.91 Å². The van der Waals surface area contributed by atoms with Gasteiger partial charge in [-0.05, 0) is 35.9 Å². The van der Waals surface area contributed by atoms with E-state index >= 15 is 0 Å². The van der Waals surface area contributed by atoms with E-state index in [0.29, 0.717) is 10.6 Å². The molecule has 2 rings (SSSR count). The maximum atomic E-state index is 11.7. The molecular weight excluding hydrogens is 272 g/mol. The minimum Gasteiger partial charge on any atom is -0.267 e. The lowest BCUT2D eigenvalue weighted by Crippen LogP contribution is -2.17. The second-order valence-electron chi connectivity index (χ2n) is 4.00. The molecule has 0 aliphatic heterocycles. The van der Waals surface area contributed by atoms with Gasteiger partial charge in [0.05, 0.1) is 0 Å². The van der Waals surface area contributed by atoms with Crippen molar-refractivity contribution in [3.05, 3.63) is 76.8 Å². The van der Waals surface area contributed by atoms with Gasteiger partial charge in [-0.3, -0.25) is 4.79 Å². The smallest absolute Gasteiger partial charge is 0.267 e. The Morgan fingerprint density at radius 2 is 1.75 bits per heavy atom. The third-order valence-corrected chi connectivity index (χ3v) is 2.77. The molecule has 3 nitrogen and oxygen atoms in total. The fourth-order valence-electron chi connectivity index (χ4n) is 1.52. The Morgan fingerprint density at radius 1 is 1.05 bits per heavy atom. The molecule has 0 unspecified atom stereocenters. The molecule has 20 heavy (non-hydrogen) atoms. The topological polar surface area (TPSA) is 41.5 Å². The zero-order valence-corrected chi connectivity index (χ0v) is 11.4. The third-order valence-electron chi connectivity index (χ3n) is 2.52. The molecular formula is C16H13ClN2O. The van der Waals surface area contributed by atoms with Gasteiger partial charge in [0.2, 0.25) is 0 Å². The van der Waals surface area contributed by atoms with E-state index in [1.54, 1.807) is 30.3 Å². The highest BCUT2D eigenvalue weighted by Crippen LogP contribution is 2.09. The summed E-state index contributed by atoms with van der Waals surface area (Å²) in [6, 6.07) is 16.5. The quantitative estimate of drug-likeness (QED) is 0.674. The molecule has 0 saturated carbocycles. The van der Waals surface area contributed by atoms with Gasteiger partial charge in [0.15, 0.2) is 0 Å². The monoisotopic (exact) mass is 284 g/mol. The Hall–Kier alpha value is -2.39. The molecule has 0 spiro atoms. The van der Waals surface area contributed by atoms with Crippen molar-refractivity contribution in [2.45, 2.75) is 0 Å². The van der Waals surface area contributed by atoms with Gasteiger partial charge in [-0.15, -0.1) is 0 Å². The van der Waals surface area contributed by atoms with Crippen LogP contribution in [0, 0.1) is 0 Å². The Morgan fingerprint density at radius 3 is 2.45 bits per heavy atom. The van der Waals surface area contributed by atoms with Crippen LogP contribution < -0.4 is 5.43 Å². The number of amides is 1. The van der Waals surface area contributed by atoms with Crippen LogP contribution in [0.15, 0.2) is 65.8 Å². The number of halogens is 1. The maximum Gasteiger partial charge on any atom is 0.271 e. The highest BCUT2D eigenvalue weighted by molar-refractivity contribution is 6.30. The fourth-order valence-corrected chi connectivity index (χ4v) is 1.65. The summed E-state index contributed by atoms with van der Waals surface area (Å²) in [5.74, 6) is -0.272. The number of hydrogen-bond acceptors (Lipinski definition) is 2. The molecule has 0 saturated heterocycles. The van der Waals surface area contributed by atoms with Crippen molar-refractivity contribution in [3.63, 3.8) is 0 Å². The average molecular weight is 285 g/mol. The van der Waals surface area contributed by atoms with Crippen molar-refractivity contribution in [2.24, 2.45) is 5.10 Å². The van der Waals surface area contributed by atoms with Crippen molar-refractivity contribution in [1.82, 2.24) is 5.43 Å². The van der Waals surface area contributed by atoms with Crippen molar-refractivity contribution in [2.75, 3.05) is 0 Å². The number of hydrazone groups is 1. The van der Waals surface area contributed by atoms with Gasteiger partial charge in [0.1, 0.15) is 0 Å². The standard InChI is InChI=1S/C16H13ClN2O/c17-15-10-8-14(9-11-15)16(20)19-18-12-4-7-13-5-2-1-3-6-13/h1-12H,(H,19,20)/b7-4+,18-12+. The molecule has 100 valence electrons. The molecule has 0 aliphatic carbocycles. The molecule has 0 aliphatic rings. The minimum atomic E-state index is -0.272. The zero-order valence-electron chi connectivity index (χ0n) is 10.7. The first-order chi connectivity index (χ1) is 9.75. The summed E-state index contributed by atoms with van der Waals surface area (Å²) in [5.41, 5.74) is 4.03. The lowest BCUT2D eigenvalue weighted by atomic mass is 10.2. The van der Waals surface area contributed by atoms with Gasteiger partial charge in [-0.2, -0.15) is 5.10 Å². The van der Waals surface area contributed by atoms with E-state index in [1.807, 2.05) is 36.4 Å². The second-order valence-corrected chi connectivity index (χ2v) is 4.43. The summed E-state index contributed by atoms with van der Waals surface area (Å²) in [5, 5.41) is 4.43. The molecule has 0 aromatic heterocycles. The van der Waals surface area contributed by atoms with Crippen LogP contribution in [0.5, 0.6) is 0 Å². The van der Waals surface area contributed by atoms with Crippen molar-refractivity contribution in [3.8, 4) is 0 Å². The lowest BCUT2D eigenvalue weighted by molar-refractivity contribution is 0.0955. The van der Waals surface area contributed by atoms with Gasteiger partial charge >= 0.3 is 0 Å². The number of carbonyl (C=O) groups is 1. The summed E-state index contributed by atoms with van der Waals surface area (Å²) < 4.78 is 0. The predicted octanol–water partition coefficient (Wildman–Crippen LogP) is 3.77. The second kappa shape index (κ2) is 7.26. The Balaban J connectivity index is 1.86. The molecule has 2 aromatic carbocycles. The first-order valence-electron chi connectivity index (χ1n) is 6.06. The number of carbonyl (C=O) groups excluding carboxylic acids is 1. The highest BCUT2D eigenvalue weighted by atomic mass is 35.5. The van der Waals surface area contributed by atoms with E-state index in [4.69, 9.17) is 11.6 Å². The molecule has 4 heteroatoms. The van der Waals surface area contributed by atoms with Crippen molar-refractivity contribution >= 4 is 29.8 Å². The Labute approximate surface area is 122 Å². The minimum absolute atomic E-state index is 0.272. The normalized spacial score (nSPS) is 11.1. The van der Waals surface area contributed by atoms with E-state index in [0.717, 1.165) is 5.56 Å². The van der Waals surface area contributed by atoms with Gasteiger partial charge in [0, 0.05) is 16.8 Å². The van der Waals surface area contributed by atoms with Crippen LogP contribution in [0.3, 0.4) is 0 Å². The van der Waals surface area contributed by atoms with Crippen LogP contribution in [-0.4, -0.2) is 12.1 Å². The van der Waals surface area contributed by atoms with Crippen molar-refractivity contribution in [1.29, 1.82) is 0 Å². The summed E-state index contributed by atoms with van der Waals surface area (Å²) in [6.45, 7) is 0. The lowest BCUT2D eigenvalue weighted by Gasteiger charge is -1.98. The molecule has 1 N–H and O–H groups in total. The van der Waals surface area contributed by atoms with E-state index in [9.17, 15) is 4.79 Å². The van der Waals surface area contributed by atoms with Crippen LogP contribution in [0.1, 0.15) is 15.9 Å². The predicted molar refractivity (Wildman–Crippen MR) is 82.9 cm³/mol. The molecule has 0 radical (unpaired) electrons. The average Bonchev–Trinajstić information content (AvgIpc) is 2.48. The molecule has 1 amide bonds. The van der Waals surface area contributed by atoms with Crippen LogP contribution in [0.2, 0.25) is 5.02 Å². The largest absolute Gasteiger partial charge is 0.271 e. The van der Waals surface area contributed by atoms with Crippen LogP contribution in [0.25, 0.3) is 6.08 Å². The molecule has 0 heterocycles. The Bertz CT molecular complexity index is 619. The first-order valence-corrected chi connectivity index (χ1v) is 6.44. The summed E-state index contributed by atoms with van der Waals surface area (Å²) >= 11 is 5.75. The van der Waals surface area contributed by atoms with Crippen molar-refractivity contribution < 1.29 is 4.79 Å². The number of nitrogens with zero attached hydrogens (tertiary/aromatic N) is 1. The van der Waals surface area contributed by atoms with E-state index < -0.39 is 0 Å². The van der Waals surface area contributed by atoms with Crippen LogP contribution >= 0.6 is 11.6 Å². The number of benzene rings is 2. The maximum absolute atomic E-state index is 11.7. The number of nitrogens with one attached hydrogen (secondary N) is 1. The molecule has 0 atom stereocenters. The first kappa shape index (κ1) is 14.0. The third kappa shape index (κ3) is 4.37.